The number of nitrogens with one attached hydrogen (secondary N) is 1. The van der Waals surface area contributed by atoms with Gasteiger partial charge in [0.15, 0.2) is 10.9 Å². The summed E-state index contributed by atoms with van der Waals surface area (Å²) in [5, 5.41) is 11.7. The van der Waals surface area contributed by atoms with E-state index < -0.39 is 11.6 Å². The summed E-state index contributed by atoms with van der Waals surface area (Å²) in [4.78, 5) is 26.4. The Morgan fingerprint density at radius 1 is 1.33 bits per heavy atom. The lowest BCUT2D eigenvalue weighted by atomic mass is 9.97. The van der Waals surface area contributed by atoms with Crippen LogP contribution in [0.2, 0.25) is 5.02 Å². The maximum absolute atomic E-state index is 15.7. The number of aromatic nitrogens is 3. The van der Waals surface area contributed by atoms with Crippen LogP contribution < -0.4 is 16.0 Å². The first-order valence-electron chi connectivity index (χ1n) is 9.76. The van der Waals surface area contributed by atoms with Gasteiger partial charge in [-0.2, -0.15) is 5.26 Å². The van der Waals surface area contributed by atoms with E-state index in [0.717, 1.165) is 11.3 Å². The summed E-state index contributed by atoms with van der Waals surface area (Å²) in [6.45, 7) is 0.665. The van der Waals surface area contributed by atoms with Crippen LogP contribution in [-0.2, 0) is 4.79 Å². The summed E-state index contributed by atoms with van der Waals surface area (Å²) in [7, 11) is 0. The topological polar surface area (TPSA) is 121 Å². The standard InChI is InChI=1S/C21H14ClF2N7OS/c22-12-5-11-16(28-8-29-19(11)31-6-9(7-31)20(32)27-4-3-25)15(24)14(12)10-1-2-13(23)18-17(10)30-21(26)33-18/h1-2,5,8-9H,4,6-7H2,(H2,26,30)(H,27,32). The molecule has 2 aromatic heterocycles. The minimum atomic E-state index is -0.690. The van der Waals surface area contributed by atoms with Gasteiger partial charge in [-0.3, -0.25) is 4.79 Å². The number of hydrogen-bond donors (Lipinski definition) is 2. The van der Waals surface area contributed by atoms with E-state index in [1.54, 1.807) is 6.07 Å². The number of rotatable bonds is 4. The summed E-state index contributed by atoms with van der Waals surface area (Å²) < 4.78 is 30.1. The van der Waals surface area contributed by atoms with E-state index in [2.05, 4.69) is 20.3 Å². The fourth-order valence-corrected chi connectivity index (χ4v) is 4.96. The predicted molar refractivity (Wildman–Crippen MR) is 122 cm³/mol. The molecule has 1 aliphatic rings. The molecule has 3 N–H and O–H groups in total. The Balaban J connectivity index is 1.56. The number of anilines is 2. The van der Waals surface area contributed by atoms with E-state index in [-0.39, 0.29) is 49.8 Å². The molecule has 0 bridgehead atoms. The average Bonchev–Trinajstić information content (AvgIpc) is 3.15. The van der Waals surface area contributed by atoms with Crippen molar-refractivity contribution in [2.45, 2.75) is 0 Å². The minimum Gasteiger partial charge on any atom is -0.375 e. The molecule has 0 unspecified atom stereocenters. The molecule has 0 aliphatic carbocycles. The lowest BCUT2D eigenvalue weighted by Gasteiger charge is -2.39. The van der Waals surface area contributed by atoms with Gasteiger partial charge in [-0.25, -0.2) is 23.7 Å². The zero-order valence-electron chi connectivity index (χ0n) is 16.8. The molecule has 12 heteroatoms. The zero-order chi connectivity index (χ0) is 23.3. The van der Waals surface area contributed by atoms with E-state index in [1.165, 1.54) is 18.5 Å². The molecular formula is C21H14ClF2N7OS. The Morgan fingerprint density at radius 2 is 2.12 bits per heavy atom. The summed E-state index contributed by atoms with van der Waals surface area (Å²) in [6.07, 6.45) is 1.24. The second-order valence-corrected chi connectivity index (χ2v) is 8.88. The first-order valence-corrected chi connectivity index (χ1v) is 11.0. The van der Waals surface area contributed by atoms with E-state index >= 15 is 4.39 Å². The number of nitrogens with two attached hydrogens (primary N) is 1. The van der Waals surface area contributed by atoms with E-state index in [4.69, 9.17) is 22.6 Å². The van der Waals surface area contributed by atoms with Gasteiger partial charge in [0.25, 0.3) is 0 Å². The van der Waals surface area contributed by atoms with E-state index in [1.807, 2.05) is 11.0 Å². The van der Waals surface area contributed by atoms with Crippen molar-refractivity contribution < 1.29 is 13.6 Å². The Labute approximate surface area is 194 Å². The lowest BCUT2D eigenvalue weighted by molar-refractivity contribution is -0.125. The number of nitriles is 1. The molecule has 166 valence electrons. The highest BCUT2D eigenvalue weighted by Gasteiger charge is 2.34. The number of fused-ring (bicyclic) bond motifs is 2. The van der Waals surface area contributed by atoms with Gasteiger partial charge in [0.1, 0.15) is 30.0 Å². The van der Waals surface area contributed by atoms with Gasteiger partial charge < -0.3 is 16.0 Å². The van der Waals surface area contributed by atoms with Crippen molar-refractivity contribution in [1.29, 1.82) is 5.26 Å². The molecule has 0 atom stereocenters. The first-order chi connectivity index (χ1) is 15.9. The van der Waals surface area contributed by atoms with Crippen molar-refractivity contribution in [2.75, 3.05) is 30.3 Å². The molecule has 0 spiro atoms. The van der Waals surface area contributed by atoms with Crippen LogP contribution in [0.5, 0.6) is 0 Å². The van der Waals surface area contributed by atoms with Gasteiger partial charge in [0.05, 0.1) is 27.2 Å². The van der Waals surface area contributed by atoms with Crippen LogP contribution in [0, 0.1) is 28.9 Å². The third-order valence-corrected chi connectivity index (χ3v) is 6.67. The molecule has 1 saturated heterocycles. The Hall–Kier alpha value is -3.62. The van der Waals surface area contributed by atoms with Gasteiger partial charge in [-0.15, -0.1) is 0 Å². The number of amides is 1. The number of halogens is 3. The molecule has 2 aromatic carbocycles. The quantitative estimate of drug-likeness (QED) is 0.424. The Kier molecular flexibility index (Phi) is 5.19. The summed E-state index contributed by atoms with van der Waals surface area (Å²) in [5.74, 6) is -1.27. The van der Waals surface area contributed by atoms with Gasteiger partial charge in [-0.05, 0) is 18.2 Å². The minimum absolute atomic E-state index is 0.0393. The van der Waals surface area contributed by atoms with Crippen molar-refractivity contribution in [3.05, 3.63) is 41.2 Å². The number of carbonyl (C=O) groups is 1. The van der Waals surface area contributed by atoms with Gasteiger partial charge in [-0.1, -0.05) is 22.9 Å². The second-order valence-electron chi connectivity index (χ2n) is 7.44. The SMILES string of the molecule is N#CCNC(=O)C1CN(c2ncnc3c(F)c(-c4ccc(F)c5sc(N)nc45)c(Cl)cc23)C1. The molecule has 1 amide bonds. The second kappa shape index (κ2) is 8.06. The highest BCUT2D eigenvalue weighted by molar-refractivity contribution is 7.22. The molecule has 8 nitrogen and oxygen atoms in total. The first kappa shape index (κ1) is 21.2. The van der Waals surface area contributed by atoms with E-state index in [0.29, 0.717) is 29.9 Å². The Morgan fingerprint density at radius 3 is 2.88 bits per heavy atom. The molecule has 3 heterocycles. The summed E-state index contributed by atoms with van der Waals surface area (Å²) in [6, 6.07) is 6.05. The van der Waals surface area contributed by atoms with Gasteiger partial charge in [0.2, 0.25) is 5.91 Å². The van der Waals surface area contributed by atoms with Crippen LogP contribution in [0.4, 0.5) is 19.7 Å². The molecule has 1 aliphatic heterocycles. The van der Waals surface area contributed by atoms with Crippen molar-refractivity contribution in [3.63, 3.8) is 0 Å². The predicted octanol–water partition coefficient (Wildman–Crippen LogP) is 3.50. The normalized spacial score (nSPS) is 13.8. The van der Waals surface area contributed by atoms with Crippen LogP contribution in [0.3, 0.4) is 0 Å². The number of hydrogen-bond acceptors (Lipinski definition) is 8. The third kappa shape index (κ3) is 3.48. The molecular weight excluding hydrogens is 472 g/mol. The fourth-order valence-electron chi connectivity index (χ4n) is 3.90. The number of nitrogen functional groups attached to an aromatic ring is 1. The molecule has 0 radical (unpaired) electrons. The van der Waals surface area contributed by atoms with Crippen molar-refractivity contribution in [1.82, 2.24) is 20.3 Å². The molecule has 1 fully saturated rings. The monoisotopic (exact) mass is 485 g/mol. The lowest BCUT2D eigenvalue weighted by Crippen LogP contribution is -2.54. The number of thiazole rings is 1. The van der Waals surface area contributed by atoms with Crippen LogP contribution in [0.25, 0.3) is 32.2 Å². The van der Waals surface area contributed by atoms with Crippen LogP contribution in [-0.4, -0.2) is 40.5 Å². The maximum atomic E-state index is 15.7. The molecule has 33 heavy (non-hydrogen) atoms. The van der Waals surface area contributed by atoms with Crippen molar-refractivity contribution in [2.24, 2.45) is 5.92 Å². The number of carbonyl (C=O) groups excluding carboxylic acids is 1. The highest BCUT2D eigenvalue weighted by atomic mass is 35.5. The third-order valence-electron chi connectivity index (χ3n) is 5.48. The summed E-state index contributed by atoms with van der Waals surface area (Å²) >= 11 is 7.48. The van der Waals surface area contributed by atoms with Gasteiger partial charge in [0, 0.05) is 29.6 Å². The highest BCUT2D eigenvalue weighted by Crippen LogP contribution is 2.42. The van der Waals surface area contributed by atoms with Crippen LogP contribution in [0.15, 0.2) is 24.5 Å². The number of nitrogens with zero attached hydrogens (tertiary/aromatic N) is 5. The van der Waals surface area contributed by atoms with Crippen molar-refractivity contribution >= 4 is 60.9 Å². The average molecular weight is 486 g/mol. The summed E-state index contributed by atoms with van der Waals surface area (Å²) in [5.41, 5.74) is 6.36. The van der Waals surface area contributed by atoms with Crippen LogP contribution in [0.1, 0.15) is 0 Å². The van der Waals surface area contributed by atoms with Gasteiger partial charge >= 0.3 is 0 Å². The van der Waals surface area contributed by atoms with E-state index in [9.17, 15) is 9.18 Å². The molecule has 4 aromatic rings. The fraction of sp³-hybridized carbons (Fsp3) is 0.190. The number of benzene rings is 2. The maximum Gasteiger partial charge on any atom is 0.227 e. The largest absolute Gasteiger partial charge is 0.375 e. The van der Waals surface area contributed by atoms with Crippen LogP contribution >= 0.6 is 22.9 Å². The zero-order valence-corrected chi connectivity index (χ0v) is 18.3. The van der Waals surface area contributed by atoms with Crippen molar-refractivity contribution in [3.8, 4) is 17.2 Å². The molecule has 0 saturated carbocycles. The Bertz CT molecular complexity index is 1480. The smallest absolute Gasteiger partial charge is 0.227 e. The molecule has 5 rings (SSSR count).